The minimum atomic E-state index is 0.189. The maximum Gasteiger partial charge on any atom is 0.115 e. The van der Waals surface area contributed by atoms with Crippen LogP contribution in [0.2, 0.25) is 0 Å². The van der Waals surface area contributed by atoms with E-state index in [0.29, 0.717) is 5.56 Å². The summed E-state index contributed by atoms with van der Waals surface area (Å²) in [6.07, 6.45) is 0. The lowest BCUT2D eigenvalue weighted by Crippen LogP contribution is -2.27. The Morgan fingerprint density at radius 1 is 1.07 bits per heavy atom. The summed E-state index contributed by atoms with van der Waals surface area (Å²) in [6.45, 7) is 0. The van der Waals surface area contributed by atoms with Crippen LogP contribution in [0.15, 0.2) is 24.3 Å². The molecule has 76 valence electrons. The van der Waals surface area contributed by atoms with Crippen molar-refractivity contribution in [2.75, 3.05) is 28.2 Å². The van der Waals surface area contributed by atoms with Crippen molar-refractivity contribution < 1.29 is 9.59 Å². The van der Waals surface area contributed by atoms with Gasteiger partial charge in [0.25, 0.3) is 0 Å². The lowest BCUT2D eigenvalue weighted by molar-refractivity contribution is -0.849. The Balaban J connectivity index is 0.000000292. The zero-order valence-corrected chi connectivity index (χ0v) is 9.15. The lowest BCUT2D eigenvalue weighted by atomic mass is 10.2. The molecule has 1 aromatic rings. The average Bonchev–Trinajstić information content (AvgIpc) is 2.03. The van der Waals surface area contributed by atoms with Crippen LogP contribution in [-0.4, -0.2) is 37.8 Å². The third-order valence-electron chi connectivity index (χ3n) is 0.996. The highest BCUT2D eigenvalue weighted by molar-refractivity contribution is 5.33. The predicted octanol–water partition coefficient (Wildman–Crippen LogP) is 1.59. The van der Waals surface area contributed by atoms with E-state index in [2.05, 4.69) is 28.2 Å². The number of aromatic hydroxyl groups is 1. The average molecular weight is 193 g/mol. The number of phenolic OH excluding ortho intramolecular Hbond substituents is 1. The highest BCUT2D eigenvalue weighted by atomic mass is 16.3. The number of rotatable bonds is 0. The summed E-state index contributed by atoms with van der Waals surface area (Å²) in [5.41, 5.74) is 0.563. The minimum absolute atomic E-state index is 0.189. The van der Waals surface area contributed by atoms with Gasteiger partial charge in [0.15, 0.2) is 0 Å². The van der Waals surface area contributed by atoms with Crippen molar-refractivity contribution >= 4 is 0 Å². The third-order valence-corrected chi connectivity index (χ3v) is 0.996. The third kappa shape index (κ3) is 8.57. The Hall–Kier alpha value is -1.53. The molecule has 3 heteroatoms. The first-order valence-electron chi connectivity index (χ1n) is 4.31. The normalized spacial score (nSPS) is 9.64. The molecule has 0 amide bonds. The molecule has 1 N–H and O–H groups in total. The van der Waals surface area contributed by atoms with Crippen LogP contribution >= 0.6 is 0 Å². The van der Waals surface area contributed by atoms with Crippen LogP contribution < -0.4 is 0 Å². The van der Waals surface area contributed by atoms with E-state index in [9.17, 15) is 0 Å². The van der Waals surface area contributed by atoms with Gasteiger partial charge in [0, 0.05) is 0 Å². The first-order chi connectivity index (χ1) is 6.33. The summed E-state index contributed by atoms with van der Waals surface area (Å²) in [4.78, 5) is 0. The highest BCUT2D eigenvalue weighted by Gasteiger charge is 1.88. The molecule has 3 nitrogen and oxygen atoms in total. The van der Waals surface area contributed by atoms with Crippen LogP contribution in [0.4, 0.5) is 0 Å². The second-order valence-electron chi connectivity index (χ2n) is 4.34. The Morgan fingerprint density at radius 3 is 1.71 bits per heavy atom. The number of phenols is 1. The number of benzene rings is 1. The van der Waals surface area contributed by atoms with Crippen LogP contribution in [0.5, 0.6) is 5.75 Å². The molecule has 0 aliphatic rings. The smallest absolute Gasteiger partial charge is 0.115 e. The van der Waals surface area contributed by atoms with Gasteiger partial charge in [-0.3, -0.25) is 0 Å². The van der Waals surface area contributed by atoms with E-state index in [-0.39, 0.29) is 5.75 Å². The SMILES string of the molecule is C[N+](C)(C)C.N#Cc1ccc(O)cc1. The van der Waals surface area contributed by atoms with Crippen molar-refractivity contribution in [3.63, 3.8) is 0 Å². The Labute approximate surface area is 85.4 Å². The number of hydrogen-bond donors (Lipinski definition) is 1. The van der Waals surface area contributed by atoms with E-state index < -0.39 is 0 Å². The fraction of sp³-hybridized carbons (Fsp3) is 0.364. The molecule has 0 bridgehead atoms. The zero-order valence-electron chi connectivity index (χ0n) is 9.15. The molecular formula is C11H17N2O+. The quantitative estimate of drug-likeness (QED) is 0.636. The predicted molar refractivity (Wildman–Crippen MR) is 56.8 cm³/mol. The second kappa shape index (κ2) is 5.25. The van der Waals surface area contributed by atoms with E-state index in [1.165, 1.54) is 12.1 Å². The second-order valence-corrected chi connectivity index (χ2v) is 4.34. The molecule has 0 saturated carbocycles. The fourth-order valence-electron chi connectivity index (χ4n) is 0.536. The largest absolute Gasteiger partial charge is 0.508 e. The Bertz CT molecular complexity index is 298. The van der Waals surface area contributed by atoms with Crippen LogP contribution in [0.25, 0.3) is 0 Å². The van der Waals surface area contributed by atoms with Crippen LogP contribution in [0.1, 0.15) is 5.56 Å². The molecule has 0 radical (unpaired) electrons. The van der Waals surface area contributed by atoms with Crippen molar-refractivity contribution in [3.8, 4) is 11.8 Å². The van der Waals surface area contributed by atoms with Crippen LogP contribution in [-0.2, 0) is 0 Å². The topological polar surface area (TPSA) is 44.0 Å². The molecule has 0 heterocycles. The van der Waals surface area contributed by atoms with Crippen molar-refractivity contribution in [1.82, 2.24) is 0 Å². The van der Waals surface area contributed by atoms with Gasteiger partial charge in [-0.05, 0) is 24.3 Å². The highest BCUT2D eigenvalue weighted by Crippen LogP contribution is 2.07. The van der Waals surface area contributed by atoms with Gasteiger partial charge in [-0.15, -0.1) is 0 Å². The maximum atomic E-state index is 8.74. The van der Waals surface area contributed by atoms with E-state index in [4.69, 9.17) is 10.4 Å². The number of nitriles is 1. The van der Waals surface area contributed by atoms with Gasteiger partial charge in [-0.2, -0.15) is 5.26 Å². The summed E-state index contributed by atoms with van der Waals surface area (Å²) in [6, 6.07) is 8.04. The van der Waals surface area contributed by atoms with Gasteiger partial charge in [-0.1, -0.05) is 0 Å². The van der Waals surface area contributed by atoms with E-state index >= 15 is 0 Å². The van der Waals surface area contributed by atoms with Crippen LogP contribution in [0.3, 0.4) is 0 Å². The standard InChI is InChI=1S/C7H5NO.C4H12N/c8-5-6-1-3-7(9)4-2-6;1-5(2,3)4/h1-4,9H;1-4H3/q;+1. The molecule has 1 aromatic carbocycles. The number of hydrogen-bond acceptors (Lipinski definition) is 2. The number of quaternary nitrogens is 1. The Kier molecular flexibility index (Phi) is 4.68. The molecule has 14 heavy (non-hydrogen) atoms. The van der Waals surface area contributed by atoms with E-state index in [1.807, 2.05) is 6.07 Å². The summed E-state index contributed by atoms with van der Waals surface area (Å²) in [5, 5.41) is 17.0. The molecule has 0 spiro atoms. The molecule has 1 rings (SSSR count). The molecule has 0 aliphatic heterocycles. The summed E-state index contributed by atoms with van der Waals surface area (Å²) >= 11 is 0. The maximum absolute atomic E-state index is 8.74. The summed E-state index contributed by atoms with van der Waals surface area (Å²) < 4.78 is 1.00. The molecule has 0 unspecified atom stereocenters. The number of nitrogens with zero attached hydrogens (tertiary/aromatic N) is 2. The van der Waals surface area contributed by atoms with Gasteiger partial charge >= 0.3 is 0 Å². The zero-order chi connectivity index (χ0) is 11.2. The van der Waals surface area contributed by atoms with E-state index in [0.717, 1.165) is 4.48 Å². The molecule has 0 fully saturated rings. The molecular weight excluding hydrogens is 176 g/mol. The van der Waals surface area contributed by atoms with Crippen molar-refractivity contribution in [3.05, 3.63) is 29.8 Å². The Morgan fingerprint density at radius 2 is 1.43 bits per heavy atom. The molecule has 0 saturated heterocycles. The van der Waals surface area contributed by atoms with E-state index in [1.54, 1.807) is 12.1 Å². The first-order valence-corrected chi connectivity index (χ1v) is 4.31. The summed E-state index contributed by atoms with van der Waals surface area (Å²) in [7, 11) is 8.50. The minimum Gasteiger partial charge on any atom is -0.508 e. The molecule has 0 atom stereocenters. The lowest BCUT2D eigenvalue weighted by Gasteiger charge is -2.14. The van der Waals surface area contributed by atoms with Gasteiger partial charge < -0.3 is 9.59 Å². The first kappa shape index (κ1) is 12.5. The van der Waals surface area contributed by atoms with Crippen molar-refractivity contribution in [2.24, 2.45) is 0 Å². The van der Waals surface area contributed by atoms with Crippen LogP contribution in [0, 0.1) is 11.3 Å². The summed E-state index contributed by atoms with van der Waals surface area (Å²) in [5.74, 6) is 0.189. The van der Waals surface area contributed by atoms with Gasteiger partial charge in [-0.25, -0.2) is 0 Å². The van der Waals surface area contributed by atoms with Crippen molar-refractivity contribution in [1.29, 1.82) is 5.26 Å². The monoisotopic (exact) mass is 193 g/mol. The molecule has 0 aliphatic carbocycles. The van der Waals surface area contributed by atoms with Gasteiger partial charge in [0.2, 0.25) is 0 Å². The van der Waals surface area contributed by atoms with Gasteiger partial charge in [0.05, 0.1) is 39.8 Å². The van der Waals surface area contributed by atoms with Crippen molar-refractivity contribution in [2.45, 2.75) is 0 Å². The fourth-order valence-corrected chi connectivity index (χ4v) is 0.536. The van der Waals surface area contributed by atoms with Gasteiger partial charge in [0.1, 0.15) is 5.75 Å². The molecule has 0 aromatic heterocycles.